The van der Waals surface area contributed by atoms with Crippen LogP contribution < -0.4 is 10.1 Å². The van der Waals surface area contributed by atoms with Crippen LogP contribution in [0.5, 0.6) is 5.75 Å². The predicted octanol–water partition coefficient (Wildman–Crippen LogP) is 3.02. The van der Waals surface area contributed by atoms with Crippen molar-refractivity contribution in [1.82, 2.24) is 5.32 Å². The van der Waals surface area contributed by atoms with Gasteiger partial charge in [-0.15, -0.1) is 0 Å². The summed E-state index contributed by atoms with van der Waals surface area (Å²) in [5.74, 6) is 0.983. The maximum absolute atomic E-state index is 12.0. The normalized spacial score (nSPS) is 21.9. The number of hydrogen-bond donors (Lipinski definition) is 2. The molecule has 2 N–H and O–H groups in total. The van der Waals surface area contributed by atoms with E-state index >= 15 is 0 Å². The molecule has 0 radical (unpaired) electrons. The van der Waals surface area contributed by atoms with Gasteiger partial charge in [-0.2, -0.15) is 0 Å². The lowest BCUT2D eigenvalue weighted by molar-refractivity contribution is -0.124. The van der Waals surface area contributed by atoms with Crippen LogP contribution in [0.2, 0.25) is 0 Å². The van der Waals surface area contributed by atoms with Gasteiger partial charge in [-0.1, -0.05) is 35.7 Å². The number of carbonyl (C=O) groups is 1. The summed E-state index contributed by atoms with van der Waals surface area (Å²) in [4.78, 5) is 12.0. The maximum atomic E-state index is 12.0. The minimum Gasteiger partial charge on any atom is -0.483 e. The summed E-state index contributed by atoms with van der Waals surface area (Å²) >= 11 is 3.34. The molecule has 1 fully saturated rings. The molecule has 1 amide bonds. The number of nitrogens with one attached hydrogen (secondary N) is 1. The number of carbonyl (C=O) groups excluding carboxylic acids is 1. The molecule has 1 aliphatic rings. The Morgan fingerprint density at radius 1 is 1.43 bits per heavy atom. The molecule has 116 valence electrons. The monoisotopic (exact) mass is 355 g/mol. The largest absolute Gasteiger partial charge is 0.483 e. The average molecular weight is 356 g/mol. The molecule has 0 aromatic heterocycles. The smallest absolute Gasteiger partial charge is 0.258 e. The minimum absolute atomic E-state index is 0.0160. The lowest BCUT2D eigenvalue weighted by atomic mass is 9.86. The molecule has 0 heterocycles. The number of amides is 1. The SMILES string of the molecule is C[C@H]1CCCC[C@@H]1NC(=O)COc1ccc(Br)cc1CO. The van der Waals surface area contributed by atoms with Gasteiger partial charge in [-0.05, 0) is 37.0 Å². The van der Waals surface area contributed by atoms with Gasteiger partial charge in [0.1, 0.15) is 5.75 Å². The van der Waals surface area contributed by atoms with Crippen LogP contribution in [-0.2, 0) is 11.4 Å². The zero-order chi connectivity index (χ0) is 15.2. The summed E-state index contributed by atoms with van der Waals surface area (Å²) in [6, 6.07) is 5.63. The van der Waals surface area contributed by atoms with E-state index in [4.69, 9.17) is 4.74 Å². The highest BCUT2D eigenvalue weighted by atomic mass is 79.9. The molecule has 1 aromatic carbocycles. The summed E-state index contributed by atoms with van der Waals surface area (Å²) in [6.45, 7) is 2.05. The van der Waals surface area contributed by atoms with Gasteiger partial charge < -0.3 is 15.2 Å². The van der Waals surface area contributed by atoms with Crippen molar-refractivity contribution in [1.29, 1.82) is 0 Å². The highest BCUT2D eigenvalue weighted by Gasteiger charge is 2.22. The number of rotatable bonds is 5. The van der Waals surface area contributed by atoms with E-state index in [1.807, 2.05) is 6.07 Å². The quantitative estimate of drug-likeness (QED) is 0.853. The van der Waals surface area contributed by atoms with E-state index in [9.17, 15) is 9.90 Å². The molecule has 0 aliphatic heterocycles. The highest BCUT2D eigenvalue weighted by Crippen LogP contribution is 2.24. The summed E-state index contributed by atoms with van der Waals surface area (Å²) in [5.41, 5.74) is 0.670. The Labute approximate surface area is 134 Å². The third-order valence-corrected chi connectivity index (χ3v) is 4.50. The molecule has 4 nitrogen and oxygen atoms in total. The molecule has 1 aromatic rings. The first kappa shape index (κ1) is 16.3. The number of aliphatic hydroxyl groups is 1. The van der Waals surface area contributed by atoms with Crippen molar-refractivity contribution in [2.45, 2.75) is 45.3 Å². The summed E-state index contributed by atoms with van der Waals surface area (Å²) in [5, 5.41) is 12.4. The van der Waals surface area contributed by atoms with Gasteiger partial charge in [0.25, 0.3) is 5.91 Å². The first-order valence-electron chi connectivity index (χ1n) is 7.41. The number of hydrogen-bond acceptors (Lipinski definition) is 3. The van der Waals surface area contributed by atoms with Gasteiger partial charge in [0.15, 0.2) is 6.61 Å². The topological polar surface area (TPSA) is 58.6 Å². The van der Waals surface area contributed by atoms with E-state index in [1.54, 1.807) is 12.1 Å². The van der Waals surface area contributed by atoms with E-state index in [0.29, 0.717) is 17.2 Å². The van der Waals surface area contributed by atoms with Gasteiger partial charge in [0, 0.05) is 16.1 Å². The molecule has 0 unspecified atom stereocenters. The van der Waals surface area contributed by atoms with E-state index in [2.05, 4.69) is 28.2 Å². The summed E-state index contributed by atoms with van der Waals surface area (Å²) in [6.07, 6.45) is 4.65. The number of aliphatic hydroxyl groups excluding tert-OH is 1. The van der Waals surface area contributed by atoms with Crippen LogP contribution in [-0.4, -0.2) is 23.7 Å². The Bertz CT molecular complexity index is 492. The van der Waals surface area contributed by atoms with Gasteiger partial charge >= 0.3 is 0 Å². The van der Waals surface area contributed by atoms with Gasteiger partial charge in [0.2, 0.25) is 0 Å². The van der Waals surface area contributed by atoms with Crippen molar-refractivity contribution in [3.8, 4) is 5.75 Å². The first-order valence-corrected chi connectivity index (χ1v) is 8.21. The lowest BCUT2D eigenvalue weighted by Crippen LogP contribution is -2.43. The Kier molecular flexibility index (Phi) is 6.06. The van der Waals surface area contributed by atoms with Crippen molar-refractivity contribution in [3.63, 3.8) is 0 Å². The van der Waals surface area contributed by atoms with Gasteiger partial charge in [0.05, 0.1) is 6.61 Å². The second-order valence-corrected chi connectivity index (χ2v) is 6.55. The second kappa shape index (κ2) is 7.80. The van der Waals surface area contributed by atoms with Crippen molar-refractivity contribution in [2.24, 2.45) is 5.92 Å². The Morgan fingerprint density at radius 3 is 2.90 bits per heavy atom. The van der Waals surface area contributed by atoms with Crippen LogP contribution in [0.4, 0.5) is 0 Å². The van der Waals surface area contributed by atoms with E-state index in [1.165, 1.54) is 19.3 Å². The van der Waals surface area contributed by atoms with Gasteiger partial charge in [-0.3, -0.25) is 4.79 Å². The molecule has 2 atom stereocenters. The second-order valence-electron chi connectivity index (χ2n) is 5.63. The van der Waals surface area contributed by atoms with Crippen LogP contribution in [0.3, 0.4) is 0 Å². The zero-order valence-electron chi connectivity index (χ0n) is 12.3. The fourth-order valence-electron chi connectivity index (χ4n) is 2.73. The van der Waals surface area contributed by atoms with Gasteiger partial charge in [-0.25, -0.2) is 0 Å². The van der Waals surface area contributed by atoms with E-state index in [0.717, 1.165) is 10.9 Å². The minimum atomic E-state index is -0.115. The van der Waals surface area contributed by atoms with Crippen LogP contribution in [0.15, 0.2) is 22.7 Å². The van der Waals surface area contributed by atoms with Crippen molar-refractivity contribution >= 4 is 21.8 Å². The highest BCUT2D eigenvalue weighted by molar-refractivity contribution is 9.10. The molecule has 21 heavy (non-hydrogen) atoms. The number of halogens is 1. The molecule has 0 bridgehead atoms. The Morgan fingerprint density at radius 2 is 2.19 bits per heavy atom. The molecule has 0 saturated heterocycles. The number of ether oxygens (including phenoxy) is 1. The summed E-state index contributed by atoms with van der Waals surface area (Å²) in [7, 11) is 0. The molecule has 2 rings (SSSR count). The van der Waals surface area contributed by atoms with Crippen LogP contribution >= 0.6 is 15.9 Å². The third kappa shape index (κ3) is 4.71. The molecule has 1 saturated carbocycles. The molecule has 0 spiro atoms. The first-order chi connectivity index (χ1) is 10.1. The number of benzene rings is 1. The fourth-order valence-corrected chi connectivity index (χ4v) is 3.14. The Hall–Kier alpha value is -1.07. The standard InChI is InChI=1S/C16H22BrNO3/c1-11-4-2-3-5-14(11)18-16(20)10-21-15-7-6-13(17)8-12(15)9-19/h6-8,11,14,19H,2-5,9-10H2,1H3,(H,18,20)/t11-,14-/m0/s1. The maximum Gasteiger partial charge on any atom is 0.258 e. The van der Waals surface area contributed by atoms with Crippen LogP contribution in [0.25, 0.3) is 0 Å². The molecular formula is C16H22BrNO3. The molecular weight excluding hydrogens is 334 g/mol. The van der Waals surface area contributed by atoms with Crippen molar-refractivity contribution in [3.05, 3.63) is 28.2 Å². The third-order valence-electron chi connectivity index (χ3n) is 4.01. The average Bonchev–Trinajstić information content (AvgIpc) is 2.48. The fraction of sp³-hybridized carbons (Fsp3) is 0.562. The van der Waals surface area contributed by atoms with E-state index in [-0.39, 0.29) is 25.2 Å². The van der Waals surface area contributed by atoms with Crippen LogP contribution in [0, 0.1) is 5.92 Å². The predicted molar refractivity (Wildman–Crippen MR) is 85.1 cm³/mol. The zero-order valence-corrected chi connectivity index (χ0v) is 13.9. The Balaban J connectivity index is 1.86. The molecule has 5 heteroatoms. The van der Waals surface area contributed by atoms with Crippen LogP contribution in [0.1, 0.15) is 38.2 Å². The van der Waals surface area contributed by atoms with Crippen molar-refractivity contribution < 1.29 is 14.6 Å². The molecule has 1 aliphatic carbocycles. The summed E-state index contributed by atoms with van der Waals surface area (Å²) < 4.78 is 6.40. The van der Waals surface area contributed by atoms with E-state index < -0.39 is 0 Å². The van der Waals surface area contributed by atoms with Crippen molar-refractivity contribution in [2.75, 3.05) is 6.61 Å². The lowest BCUT2D eigenvalue weighted by Gasteiger charge is -2.29.